The van der Waals surface area contributed by atoms with Crippen molar-refractivity contribution < 1.29 is 4.79 Å². The number of carbonyl (C=O) groups excluding carboxylic acids is 1. The number of hydrogen-bond acceptors (Lipinski definition) is 3. The minimum atomic E-state index is -0.130. The molecule has 5 heteroatoms. The lowest BCUT2D eigenvalue weighted by atomic mass is 10.1. The largest absolute Gasteiger partial charge is 0.321 e. The van der Waals surface area contributed by atoms with Gasteiger partial charge in [0.1, 0.15) is 5.82 Å². The maximum absolute atomic E-state index is 12.3. The minimum absolute atomic E-state index is 0.130. The zero-order valence-electron chi connectivity index (χ0n) is 12.2. The number of anilines is 1. The van der Waals surface area contributed by atoms with Crippen LogP contribution in [0.15, 0.2) is 36.5 Å². The van der Waals surface area contributed by atoms with Gasteiger partial charge in [-0.1, -0.05) is 6.07 Å². The van der Waals surface area contributed by atoms with Crippen molar-refractivity contribution in [2.75, 3.05) is 5.32 Å². The molecule has 1 amide bonds. The number of aryl methyl sites for hydroxylation is 3. The quantitative estimate of drug-likeness (QED) is 0.785. The summed E-state index contributed by atoms with van der Waals surface area (Å²) in [6.07, 6.45) is 1.76. The second-order valence-corrected chi connectivity index (χ2v) is 5.13. The van der Waals surface area contributed by atoms with E-state index >= 15 is 0 Å². The number of aromatic nitrogens is 3. The summed E-state index contributed by atoms with van der Waals surface area (Å²) >= 11 is 0. The molecule has 0 fully saturated rings. The predicted octanol–water partition coefficient (Wildman–Crippen LogP) is 2.91. The van der Waals surface area contributed by atoms with Crippen LogP contribution in [0.4, 0.5) is 5.69 Å². The zero-order chi connectivity index (χ0) is 15.0. The summed E-state index contributed by atoms with van der Waals surface area (Å²) in [6.45, 7) is 5.86. The average molecular weight is 280 g/mol. The van der Waals surface area contributed by atoms with E-state index in [1.807, 2.05) is 51.1 Å². The molecule has 3 rings (SSSR count). The maximum Gasteiger partial charge on any atom is 0.255 e. The highest BCUT2D eigenvalue weighted by Gasteiger charge is 2.08. The van der Waals surface area contributed by atoms with Crippen molar-refractivity contribution in [1.29, 1.82) is 0 Å². The Morgan fingerprint density at radius 2 is 1.90 bits per heavy atom. The van der Waals surface area contributed by atoms with Crippen LogP contribution in [0.3, 0.4) is 0 Å². The Morgan fingerprint density at radius 1 is 1.10 bits per heavy atom. The first kappa shape index (κ1) is 13.3. The van der Waals surface area contributed by atoms with Crippen LogP contribution >= 0.6 is 0 Å². The molecule has 1 aromatic carbocycles. The average Bonchev–Trinajstić information content (AvgIpc) is 2.81. The Morgan fingerprint density at radius 3 is 2.67 bits per heavy atom. The van der Waals surface area contributed by atoms with E-state index in [-0.39, 0.29) is 5.91 Å². The van der Waals surface area contributed by atoms with E-state index in [1.54, 1.807) is 10.7 Å². The molecule has 0 bridgehead atoms. The van der Waals surface area contributed by atoms with Gasteiger partial charge in [0.05, 0.1) is 11.9 Å². The summed E-state index contributed by atoms with van der Waals surface area (Å²) in [4.78, 5) is 16.5. The lowest BCUT2D eigenvalue weighted by molar-refractivity contribution is 0.102. The molecule has 106 valence electrons. The molecule has 0 saturated heterocycles. The summed E-state index contributed by atoms with van der Waals surface area (Å²) in [7, 11) is 0. The van der Waals surface area contributed by atoms with Crippen molar-refractivity contribution >= 4 is 17.2 Å². The lowest BCUT2D eigenvalue weighted by Crippen LogP contribution is -2.12. The van der Waals surface area contributed by atoms with Gasteiger partial charge >= 0.3 is 0 Å². The highest BCUT2D eigenvalue weighted by molar-refractivity contribution is 6.04. The highest BCUT2D eigenvalue weighted by atomic mass is 16.1. The second kappa shape index (κ2) is 5.01. The summed E-state index contributed by atoms with van der Waals surface area (Å²) in [5.41, 5.74) is 4.37. The monoisotopic (exact) mass is 280 g/mol. The van der Waals surface area contributed by atoms with Crippen LogP contribution in [0.2, 0.25) is 0 Å². The summed E-state index contributed by atoms with van der Waals surface area (Å²) < 4.78 is 1.66. The minimum Gasteiger partial charge on any atom is -0.321 e. The fourth-order valence-corrected chi connectivity index (χ4v) is 2.15. The smallest absolute Gasteiger partial charge is 0.255 e. The number of hydrogen-bond donors (Lipinski definition) is 1. The van der Waals surface area contributed by atoms with Gasteiger partial charge in [-0.3, -0.25) is 4.79 Å². The third kappa shape index (κ3) is 2.63. The Hall–Kier alpha value is -2.69. The van der Waals surface area contributed by atoms with E-state index in [4.69, 9.17) is 0 Å². The molecule has 2 aromatic heterocycles. The van der Waals surface area contributed by atoms with Crippen LogP contribution in [-0.4, -0.2) is 20.5 Å². The van der Waals surface area contributed by atoms with Crippen molar-refractivity contribution in [2.45, 2.75) is 20.8 Å². The third-order valence-corrected chi connectivity index (χ3v) is 3.46. The fraction of sp³-hybridized carbons (Fsp3) is 0.188. The molecule has 0 atom stereocenters. The molecule has 5 nitrogen and oxygen atoms in total. The van der Waals surface area contributed by atoms with E-state index in [2.05, 4.69) is 15.4 Å². The molecule has 1 N–H and O–H groups in total. The molecular weight excluding hydrogens is 264 g/mol. The molecule has 21 heavy (non-hydrogen) atoms. The van der Waals surface area contributed by atoms with Gasteiger partial charge in [0.2, 0.25) is 0 Å². The third-order valence-electron chi connectivity index (χ3n) is 3.46. The number of nitrogens with zero attached hydrogens (tertiary/aromatic N) is 3. The molecule has 0 radical (unpaired) electrons. The SMILES string of the molecule is Cc1nc2ccc(NC(=O)c3ccc(C)c(C)c3)cn2n1. The molecule has 0 unspecified atom stereocenters. The van der Waals surface area contributed by atoms with Crippen LogP contribution in [0, 0.1) is 20.8 Å². The fourth-order valence-electron chi connectivity index (χ4n) is 2.15. The van der Waals surface area contributed by atoms with Gasteiger partial charge in [0, 0.05) is 5.56 Å². The van der Waals surface area contributed by atoms with Crippen LogP contribution in [0.1, 0.15) is 27.3 Å². The second-order valence-electron chi connectivity index (χ2n) is 5.13. The normalized spacial score (nSPS) is 10.8. The first-order chi connectivity index (χ1) is 10.0. The van der Waals surface area contributed by atoms with Crippen LogP contribution in [0.25, 0.3) is 5.65 Å². The van der Waals surface area contributed by atoms with Crippen molar-refractivity contribution in [1.82, 2.24) is 14.6 Å². The Labute approximate surface area is 122 Å². The molecule has 0 aliphatic heterocycles. The summed E-state index contributed by atoms with van der Waals surface area (Å²) in [6, 6.07) is 9.32. The molecule has 2 heterocycles. The van der Waals surface area contributed by atoms with Gasteiger partial charge in [-0.15, -0.1) is 0 Å². The van der Waals surface area contributed by atoms with Crippen molar-refractivity contribution in [2.24, 2.45) is 0 Å². The molecule has 0 saturated carbocycles. The number of amides is 1. The molecular formula is C16H16N4O. The van der Waals surface area contributed by atoms with Crippen molar-refractivity contribution in [3.63, 3.8) is 0 Å². The van der Waals surface area contributed by atoms with Crippen LogP contribution in [-0.2, 0) is 0 Å². The van der Waals surface area contributed by atoms with Gasteiger partial charge in [-0.2, -0.15) is 5.10 Å². The standard InChI is InChI=1S/C16H16N4O/c1-10-4-5-13(8-11(10)2)16(21)18-14-6-7-15-17-12(3)19-20(15)9-14/h4-9H,1-3H3,(H,18,21). The molecule has 0 spiro atoms. The van der Waals surface area contributed by atoms with Gasteiger partial charge in [-0.25, -0.2) is 9.50 Å². The van der Waals surface area contributed by atoms with E-state index < -0.39 is 0 Å². The predicted molar refractivity (Wildman–Crippen MR) is 81.6 cm³/mol. The Bertz CT molecular complexity index is 835. The highest BCUT2D eigenvalue weighted by Crippen LogP contribution is 2.14. The van der Waals surface area contributed by atoms with Gasteiger partial charge < -0.3 is 5.32 Å². The lowest BCUT2D eigenvalue weighted by Gasteiger charge is -2.07. The molecule has 0 aliphatic carbocycles. The first-order valence-corrected chi connectivity index (χ1v) is 6.74. The maximum atomic E-state index is 12.3. The summed E-state index contributed by atoms with van der Waals surface area (Å²) in [5.74, 6) is 0.571. The number of rotatable bonds is 2. The zero-order valence-corrected chi connectivity index (χ0v) is 12.2. The Balaban J connectivity index is 1.86. The first-order valence-electron chi connectivity index (χ1n) is 6.74. The topological polar surface area (TPSA) is 59.3 Å². The van der Waals surface area contributed by atoms with E-state index in [0.29, 0.717) is 17.1 Å². The van der Waals surface area contributed by atoms with Gasteiger partial charge in [-0.05, 0) is 56.2 Å². The summed E-state index contributed by atoms with van der Waals surface area (Å²) in [5, 5.41) is 7.11. The van der Waals surface area contributed by atoms with Crippen molar-refractivity contribution in [3.05, 3.63) is 59.0 Å². The molecule has 0 aliphatic rings. The number of fused-ring (bicyclic) bond motifs is 1. The van der Waals surface area contributed by atoms with E-state index in [9.17, 15) is 4.79 Å². The van der Waals surface area contributed by atoms with Crippen LogP contribution in [0.5, 0.6) is 0 Å². The number of nitrogens with one attached hydrogen (secondary N) is 1. The van der Waals surface area contributed by atoms with Crippen LogP contribution < -0.4 is 5.32 Å². The van der Waals surface area contributed by atoms with Gasteiger partial charge in [0.15, 0.2) is 5.65 Å². The Kier molecular flexibility index (Phi) is 3.17. The van der Waals surface area contributed by atoms with E-state index in [0.717, 1.165) is 11.2 Å². The molecule has 3 aromatic rings. The van der Waals surface area contributed by atoms with Crippen molar-refractivity contribution in [3.8, 4) is 0 Å². The number of benzene rings is 1. The van der Waals surface area contributed by atoms with E-state index in [1.165, 1.54) is 5.56 Å². The number of carbonyl (C=O) groups is 1. The van der Waals surface area contributed by atoms with Gasteiger partial charge in [0.25, 0.3) is 5.91 Å². The number of pyridine rings is 1.